The number of unbranched alkanes of at least 4 members (excludes halogenated alkanes) is 13. The van der Waals surface area contributed by atoms with Gasteiger partial charge in [0.05, 0.1) is 12.2 Å². The van der Waals surface area contributed by atoms with Gasteiger partial charge in [0.2, 0.25) is 5.91 Å². The fourth-order valence-corrected chi connectivity index (χ4v) is 4.39. The molecule has 6 N–H and O–H groups in total. The van der Waals surface area contributed by atoms with Gasteiger partial charge in [-0.2, -0.15) is 0 Å². The molecule has 0 fully saturated rings. The molecule has 204 valence electrons. The van der Waals surface area contributed by atoms with E-state index in [9.17, 15) is 15.0 Å². The third-order valence-electron chi connectivity index (χ3n) is 6.83. The molecule has 0 aromatic heterocycles. The fraction of sp³-hybridized carbons (Fsp3) is 0.963. The van der Waals surface area contributed by atoms with Crippen LogP contribution >= 0.6 is 0 Å². The molecule has 0 saturated carbocycles. The zero-order valence-corrected chi connectivity index (χ0v) is 22.5. The molecule has 0 aromatic rings. The number of aliphatic hydroxyl groups excluding tert-OH is 2. The number of hydrogen-bond acceptors (Lipinski definition) is 6. The molecule has 0 saturated heterocycles. The summed E-state index contributed by atoms with van der Waals surface area (Å²) in [6.07, 6.45) is 18.6. The zero-order valence-electron chi connectivity index (χ0n) is 22.5. The van der Waals surface area contributed by atoms with Gasteiger partial charge in [-0.25, -0.2) is 5.48 Å². The summed E-state index contributed by atoms with van der Waals surface area (Å²) in [5, 5.41) is 36.0. The van der Waals surface area contributed by atoms with Gasteiger partial charge in [0, 0.05) is 25.0 Å². The Bertz CT molecular complexity index is 454. The van der Waals surface area contributed by atoms with Gasteiger partial charge >= 0.3 is 0 Å². The van der Waals surface area contributed by atoms with Gasteiger partial charge in [-0.05, 0) is 25.8 Å². The van der Waals surface area contributed by atoms with Crippen molar-refractivity contribution in [1.82, 2.24) is 16.1 Å². The van der Waals surface area contributed by atoms with Gasteiger partial charge in [-0.1, -0.05) is 104 Å². The summed E-state index contributed by atoms with van der Waals surface area (Å²) in [6.45, 7) is 7.36. The van der Waals surface area contributed by atoms with Crippen molar-refractivity contribution in [1.29, 1.82) is 0 Å². The summed E-state index contributed by atoms with van der Waals surface area (Å²) in [5.41, 5.74) is 1.62. The fourth-order valence-electron chi connectivity index (χ4n) is 4.39. The molecule has 0 radical (unpaired) electrons. The monoisotopic (exact) mass is 487 g/mol. The lowest BCUT2D eigenvalue weighted by Crippen LogP contribution is -2.52. The summed E-state index contributed by atoms with van der Waals surface area (Å²) in [7, 11) is 0. The minimum atomic E-state index is -0.692. The highest BCUT2D eigenvalue weighted by molar-refractivity contribution is 5.75. The second-order valence-electron chi connectivity index (χ2n) is 9.86. The average Bonchev–Trinajstić information content (AvgIpc) is 2.85. The number of hydrogen-bond donors (Lipinski definition) is 6. The topological polar surface area (TPSA) is 114 Å². The van der Waals surface area contributed by atoms with Crippen LogP contribution in [-0.2, 0) is 4.79 Å². The first-order chi connectivity index (χ1) is 16.5. The molecule has 0 aliphatic carbocycles. The van der Waals surface area contributed by atoms with Crippen LogP contribution in [0.1, 0.15) is 130 Å². The van der Waals surface area contributed by atoms with Crippen LogP contribution in [0, 0.1) is 0 Å². The van der Waals surface area contributed by atoms with E-state index in [0.29, 0.717) is 19.4 Å². The summed E-state index contributed by atoms with van der Waals surface area (Å²) < 4.78 is 0. The number of amides is 1. The SMILES string of the molecule is CCCCCCCCCCCCCCCCNC(CNC(CC(=O)NO)C(O)CC)C(O)CC. The van der Waals surface area contributed by atoms with Crippen LogP contribution in [-0.4, -0.2) is 58.7 Å². The lowest BCUT2D eigenvalue weighted by molar-refractivity contribution is -0.130. The molecule has 0 spiro atoms. The highest BCUT2D eigenvalue weighted by Crippen LogP contribution is 2.13. The maximum absolute atomic E-state index is 11.5. The van der Waals surface area contributed by atoms with Crippen molar-refractivity contribution in [2.24, 2.45) is 0 Å². The standard InChI is InChI=1S/C27H57N3O4/c1-4-7-8-9-10-11-12-13-14-15-16-17-18-19-20-28-24(26(32)6-3)22-29-23(25(31)5-2)21-27(33)30-34/h23-26,28-29,31-32,34H,4-22H2,1-3H3,(H,30,33). The average molecular weight is 488 g/mol. The molecule has 4 unspecified atom stereocenters. The second kappa shape index (κ2) is 24.0. The highest BCUT2D eigenvalue weighted by Gasteiger charge is 2.24. The van der Waals surface area contributed by atoms with E-state index < -0.39 is 24.2 Å². The van der Waals surface area contributed by atoms with Crippen molar-refractivity contribution in [3.63, 3.8) is 0 Å². The zero-order chi connectivity index (χ0) is 25.4. The number of carbonyl (C=O) groups is 1. The quantitative estimate of drug-likeness (QED) is 0.0625. The molecular weight excluding hydrogens is 430 g/mol. The molecule has 7 nitrogen and oxygen atoms in total. The third kappa shape index (κ3) is 18.6. The molecular formula is C27H57N3O4. The van der Waals surface area contributed by atoms with Crippen molar-refractivity contribution in [2.75, 3.05) is 13.1 Å². The summed E-state index contributed by atoms with van der Waals surface area (Å²) in [6, 6.07) is -0.609. The van der Waals surface area contributed by atoms with Crippen molar-refractivity contribution < 1.29 is 20.2 Å². The molecule has 0 heterocycles. The largest absolute Gasteiger partial charge is 0.392 e. The first-order valence-corrected chi connectivity index (χ1v) is 14.3. The Hall–Kier alpha value is -0.730. The molecule has 0 aliphatic rings. The van der Waals surface area contributed by atoms with Crippen LogP contribution in [0.5, 0.6) is 0 Å². The third-order valence-corrected chi connectivity index (χ3v) is 6.83. The molecule has 1 amide bonds. The predicted octanol–water partition coefficient (Wildman–Crippen LogP) is 4.82. The maximum Gasteiger partial charge on any atom is 0.245 e. The Balaban J connectivity index is 3.93. The number of aliphatic hydroxyl groups is 2. The van der Waals surface area contributed by atoms with Gasteiger partial charge in [-0.3, -0.25) is 10.0 Å². The van der Waals surface area contributed by atoms with Gasteiger partial charge in [0.15, 0.2) is 0 Å². The smallest absolute Gasteiger partial charge is 0.245 e. The second-order valence-corrected chi connectivity index (χ2v) is 9.86. The van der Waals surface area contributed by atoms with Gasteiger partial charge in [-0.15, -0.1) is 0 Å². The van der Waals surface area contributed by atoms with E-state index in [-0.39, 0.29) is 12.5 Å². The number of rotatable bonds is 25. The van der Waals surface area contributed by atoms with Crippen LogP contribution < -0.4 is 16.1 Å². The molecule has 0 aromatic carbocycles. The number of nitrogens with one attached hydrogen (secondary N) is 3. The minimum Gasteiger partial charge on any atom is -0.392 e. The van der Waals surface area contributed by atoms with Gasteiger partial charge in [0.1, 0.15) is 0 Å². The van der Waals surface area contributed by atoms with E-state index in [2.05, 4.69) is 17.6 Å². The van der Waals surface area contributed by atoms with E-state index in [1.54, 1.807) is 5.48 Å². The van der Waals surface area contributed by atoms with Crippen LogP contribution in [0.15, 0.2) is 0 Å². The molecule has 7 heteroatoms. The lowest BCUT2D eigenvalue weighted by atomic mass is 10.0. The Labute approximate surface area is 209 Å². The van der Waals surface area contributed by atoms with E-state index >= 15 is 0 Å². The van der Waals surface area contributed by atoms with E-state index in [1.165, 1.54) is 83.5 Å². The summed E-state index contributed by atoms with van der Waals surface area (Å²) in [4.78, 5) is 11.5. The highest BCUT2D eigenvalue weighted by atomic mass is 16.5. The molecule has 34 heavy (non-hydrogen) atoms. The molecule has 0 bridgehead atoms. The lowest BCUT2D eigenvalue weighted by Gasteiger charge is -2.28. The minimum absolute atomic E-state index is 0.0145. The Morgan fingerprint density at radius 3 is 1.53 bits per heavy atom. The normalized spacial score (nSPS) is 15.1. The molecule has 0 aliphatic heterocycles. The first-order valence-electron chi connectivity index (χ1n) is 14.3. The predicted molar refractivity (Wildman–Crippen MR) is 141 cm³/mol. The van der Waals surface area contributed by atoms with Crippen LogP contribution in [0.4, 0.5) is 0 Å². The van der Waals surface area contributed by atoms with Crippen LogP contribution in [0.2, 0.25) is 0 Å². The molecule has 4 atom stereocenters. The van der Waals surface area contributed by atoms with E-state index in [4.69, 9.17) is 5.21 Å². The number of hydroxylamine groups is 1. The first kappa shape index (κ1) is 33.3. The Morgan fingerprint density at radius 2 is 1.09 bits per heavy atom. The van der Waals surface area contributed by atoms with Crippen LogP contribution in [0.25, 0.3) is 0 Å². The van der Waals surface area contributed by atoms with Crippen molar-refractivity contribution in [3.05, 3.63) is 0 Å². The van der Waals surface area contributed by atoms with Crippen molar-refractivity contribution >= 4 is 5.91 Å². The Kier molecular flexibility index (Phi) is 23.5. The van der Waals surface area contributed by atoms with Crippen LogP contribution in [0.3, 0.4) is 0 Å². The van der Waals surface area contributed by atoms with Crippen molar-refractivity contribution in [3.8, 4) is 0 Å². The maximum atomic E-state index is 11.5. The summed E-state index contributed by atoms with van der Waals surface area (Å²) in [5.74, 6) is -0.534. The Morgan fingerprint density at radius 1 is 0.647 bits per heavy atom. The van der Waals surface area contributed by atoms with Gasteiger partial charge in [0.25, 0.3) is 0 Å². The summed E-state index contributed by atoms with van der Waals surface area (Å²) >= 11 is 0. The van der Waals surface area contributed by atoms with E-state index in [0.717, 1.165) is 13.0 Å². The van der Waals surface area contributed by atoms with Gasteiger partial charge < -0.3 is 20.8 Å². The van der Waals surface area contributed by atoms with E-state index in [1.807, 2.05) is 13.8 Å². The number of carbonyl (C=O) groups excluding carboxylic acids is 1. The molecule has 0 rings (SSSR count). The van der Waals surface area contributed by atoms with Crippen molar-refractivity contribution in [2.45, 2.75) is 154 Å².